The molecule has 0 amide bonds. The van der Waals surface area contributed by atoms with Crippen molar-refractivity contribution in [2.45, 2.75) is 32.5 Å². The Labute approximate surface area is 148 Å². The molecular weight excluding hydrogens is 318 g/mol. The van der Waals surface area contributed by atoms with Crippen LogP contribution < -0.4 is 14.2 Å². The summed E-state index contributed by atoms with van der Waals surface area (Å²) >= 11 is 0. The zero-order valence-electron chi connectivity index (χ0n) is 14.8. The van der Waals surface area contributed by atoms with Crippen molar-refractivity contribution in [2.75, 3.05) is 20.4 Å². The lowest BCUT2D eigenvalue weighted by atomic mass is 10.1. The van der Waals surface area contributed by atoms with Crippen LogP contribution in [0.5, 0.6) is 17.2 Å². The molecule has 0 bridgehead atoms. The SMILES string of the molecule is CCC(O)CN(Cc1cccc(OC)c1)Cc1ccc2c(c1)OCO2. The molecule has 1 N–H and O–H groups in total. The summed E-state index contributed by atoms with van der Waals surface area (Å²) in [5, 5.41) is 10.1. The van der Waals surface area contributed by atoms with Crippen LogP contribution in [0.25, 0.3) is 0 Å². The van der Waals surface area contributed by atoms with E-state index in [-0.39, 0.29) is 12.9 Å². The van der Waals surface area contributed by atoms with Crippen LogP contribution in [-0.4, -0.2) is 36.6 Å². The molecule has 0 aromatic heterocycles. The summed E-state index contributed by atoms with van der Waals surface area (Å²) in [5.74, 6) is 2.42. The molecule has 1 heterocycles. The molecule has 0 saturated carbocycles. The molecule has 3 rings (SSSR count). The van der Waals surface area contributed by atoms with Gasteiger partial charge in [-0.2, -0.15) is 0 Å². The predicted octanol–water partition coefficient (Wildman–Crippen LogP) is 3.20. The zero-order chi connectivity index (χ0) is 17.6. The van der Waals surface area contributed by atoms with Crippen molar-refractivity contribution in [3.05, 3.63) is 53.6 Å². The van der Waals surface area contributed by atoms with Gasteiger partial charge in [-0.05, 0) is 41.8 Å². The largest absolute Gasteiger partial charge is 0.497 e. The Bertz CT molecular complexity index is 704. The first-order valence-electron chi connectivity index (χ1n) is 8.59. The molecular formula is C20H25NO4. The normalized spacial score (nSPS) is 13.9. The van der Waals surface area contributed by atoms with Gasteiger partial charge in [0, 0.05) is 19.6 Å². The third-order valence-corrected chi connectivity index (χ3v) is 4.32. The molecule has 1 aliphatic rings. The second-order valence-electron chi connectivity index (χ2n) is 6.27. The van der Waals surface area contributed by atoms with Crippen molar-refractivity contribution in [3.63, 3.8) is 0 Å². The fraction of sp³-hybridized carbons (Fsp3) is 0.400. The highest BCUT2D eigenvalue weighted by Crippen LogP contribution is 2.33. The summed E-state index contributed by atoms with van der Waals surface area (Å²) in [7, 11) is 1.67. The Morgan fingerprint density at radius 3 is 2.60 bits per heavy atom. The molecule has 1 aliphatic heterocycles. The standard InChI is InChI=1S/C20H25NO4/c1-3-17(22)13-21(11-15-5-4-6-18(9-15)23-2)12-16-7-8-19-20(10-16)25-14-24-19/h4-10,17,22H,3,11-14H2,1-2H3. The summed E-state index contributed by atoms with van der Waals surface area (Å²) in [5.41, 5.74) is 2.29. The lowest BCUT2D eigenvalue weighted by molar-refractivity contribution is 0.101. The van der Waals surface area contributed by atoms with Gasteiger partial charge in [-0.3, -0.25) is 4.90 Å². The molecule has 0 fully saturated rings. The van der Waals surface area contributed by atoms with E-state index in [0.717, 1.165) is 47.9 Å². The number of ether oxygens (including phenoxy) is 3. The molecule has 1 unspecified atom stereocenters. The predicted molar refractivity (Wildman–Crippen MR) is 96.0 cm³/mol. The minimum absolute atomic E-state index is 0.279. The number of nitrogens with zero attached hydrogens (tertiary/aromatic N) is 1. The minimum Gasteiger partial charge on any atom is -0.497 e. The van der Waals surface area contributed by atoms with Crippen molar-refractivity contribution < 1.29 is 19.3 Å². The summed E-state index contributed by atoms with van der Waals surface area (Å²) in [4.78, 5) is 2.24. The Balaban J connectivity index is 1.74. The first-order valence-corrected chi connectivity index (χ1v) is 8.59. The molecule has 0 saturated heterocycles. The fourth-order valence-electron chi connectivity index (χ4n) is 2.94. The quantitative estimate of drug-likeness (QED) is 0.798. The number of methoxy groups -OCH3 is 1. The van der Waals surface area contributed by atoms with Gasteiger partial charge in [-0.25, -0.2) is 0 Å². The molecule has 0 radical (unpaired) electrons. The first kappa shape index (κ1) is 17.6. The molecule has 0 aliphatic carbocycles. The maximum atomic E-state index is 10.1. The maximum absolute atomic E-state index is 10.1. The summed E-state index contributed by atoms with van der Waals surface area (Å²) < 4.78 is 16.1. The molecule has 2 aromatic carbocycles. The van der Waals surface area contributed by atoms with Gasteiger partial charge < -0.3 is 19.3 Å². The molecule has 1 atom stereocenters. The molecule has 134 valence electrons. The highest BCUT2D eigenvalue weighted by atomic mass is 16.7. The van der Waals surface area contributed by atoms with Crippen molar-refractivity contribution in [1.29, 1.82) is 0 Å². The smallest absolute Gasteiger partial charge is 0.231 e. The van der Waals surface area contributed by atoms with Crippen LogP contribution in [0.3, 0.4) is 0 Å². The van der Waals surface area contributed by atoms with E-state index in [9.17, 15) is 5.11 Å². The Hall–Kier alpha value is -2.24. The van der Waals surface area contributed by atoms with Gasteiger partial charge in [0.15, 0.2) is 11.5 Å². The van der Waals surface area contributed by atoms with E-state index in [1.54, 1.807) is 7.11 Å². The van der Waals surface area contributed by atoms with Crippen LogP contribution in [0.2, 0.25) is 0 Å². The van der Waals surface area contributed by atoms with Crippen molar-refractivity contribution in [3.8, 4) is 17.2 Å². The van der Waals surface area contributed by atoms with E-state index >= 15 is 0 Å². The van der Waals surface area contributed by atoms with Crippen LogP contribution in [0.4, 0.5) is 0 Å². The van der Waals surface area contributed by atoms with Gasteiger partial charge in [0.25, 0.3) is 0 Å². The lowest BCUT2D eigenvalue weighted by Gasteiger charge is -2.25. The lowest BCUT2D eigenvalue weighted by Crippen LogP contribution is -2.31. The monoisotopic (exact) mass is 343 g/mol. The van der Waals surface area contributed by atoms with Crippen LogP contribution in [0.15, 0.2) is 42.5 Å². The van der Waals surface area contributed by atoms with Gasteiger partial charge in [-0.15, -0.1) is 0 Å². The first-order chi connectivity index (χ1) is 12.2. The van der Waals surface area contributed by atoms with Gasteiger partial charge >= 0.3 is 0 Å². The van der Waals surface area contributed by atoms with Crippen LogP contribution in [-0.2, 0) is 13.1 Å². The van der Waals surface area contributed by atoms with Crippen molar-refractivity contribution >= 4 is 0 Å². The van der Waals surface area contributed by atoms with E-state index in [1.807, 2.05) is 43.3 Å². The Morgan fingerprint density at radius 2 is 1.84 bits per heavy atom. The fourth-order valence-corrected chi connectivity index (χ4v) is 2.94. The van der Waals surface area contributed by atoms with Crippen LogP contribution in [0, 0.1) is 0 Å². The number of hydrogen-bond acceptors (Lipinski definition) is 5. The Kier molecular flexibility index (Phi) is 5.79. The highest BCUT2D eigenvalue weighted by Gasteiger charge is 2.16. The topological polar surface area (TPSA) is 51.2 Å². The molecule has 5 nitrogen and oxygen atoms in total. The number of aliphatic hydroxyl groups excluding tert-OH is 1. The second kappa shape index (κ2) is 8.23. The number of rotatable bonds is 8. The van der Waals surface area contributed by atoms with Crippen molar-refractivity contribution in [1.82, 2.24) is 4.90 Å². The third-order valence-electron chi connectivity index (χ3n) is 4.32. The summed E-state index contributed by atoms with van der Waals surface area (Å²) in [6, 6.07) is 14.0. The summed E-state index contributed by atoms with van der Waals surface area (Å²) in [6.45, 7) is 4.35. The van der Waals surface area contributed by atoms with E-state index < -0.39 is 0 Å². The average molecular weight is 343 g/mol. The number of fused-ring (bicyclic) bond motifs is 1. The third kappa shape index (κ3) is 4.65. The van der Waals surface area contributed by atoms with Gasteiger partial charge in [0.2, 0.25) is 6.79 Å². The van der Waals surface area contributed by atoms with Crippen LogP contribution >= 0.6 is 0 Å². The van der Waals surface area contributed by atoms with Crippen molar-refractivity contribution in [2.24, 2.45) is 0 Å². The molecule has 5 heteroatoms. The number of aliphatic hydroxyl groups is 1. The van der Waals surface area contributed by atoms with E-state index in [4.69, 9.17) is 14.2 Å². The number of benzene rings is 2. The summed E-state index contributed by atoms with van der Waals surface area (Å²) in [6.07, 6.45) is 0.384. The molecule has 0 spiro atoms. The van der Waals surface area contributed by atoms with Gasteiger partial charge in [-0.1, -0.05) is 25.1 Å². The second-order valence-corrected chi connectivity index (χ2v) is 6.27. The average Bonchev–Trinajstić information content (AvgIpc) is 3.09. The zero-order valence-corrected chi connectivity index (χ0v) is 14.8. The maximum Gasteiger partial charge on any atom is 0.231 e. The molecule has 2 aromatic rings. The highest BCUT2D eigenvalue weighted by molar-refractivity contribution is 5.44. The van der Waals surface area contributed by atoms with Gasteiger partial charge in [0.1, 0.15) is 5.75 Å². The minimum atomic E-state index is -0.348. The van der Waals surface area contributed by atoms with E-state index in [2.05, 4.69) is 11.0 Å². The Morgan fingerprint density at radius 1 is 1.08 bits per heavy atom. The van der Waals surface area contributed by atoms with E-state index in [1.165, 1.54) is 0 Å². The van der Waals surface area contributed by atoms with E-state index in [0.29, 0.717) is 6.54 Å². The number of hydrogen-bond donors (Lipinski definition) is 1. The molecule has 25 heavy (non-hydrogen) atoms. The van der Waals surface area contributed by atoms with Gasteiger partial charge in [0.05, 0.1) is 13.2 Å². The van der Waals surface area contributed by atoms with Crippen LogP contribution in [0.1, 0.15) is 24.5 Å².